The fourth-order valence-electron chi connectivity index (χ4n) is 0.134. The first-order valence-electron chi connectivity index (χ1n) is 1.71. The summed E-state index contributed by atoms with van der Waals surface area (Å²) in [6, 6.07) is 0. The quantitative estimate of drug-likeness (QED) is 0.481. The summed E-state index contributed by atoms with van der Waals surface area (Å²) in [5.74, 6) is 0. The zero-order valence-corrected chi connectivity index (χ0v) is 4.45. The van der Waals surface area contributed by atoms with E-state index < -0.39 is 17.6 Å². The number of rotatable bonds is 3. The standard InChI is InChI=1S/C2H6FNO2S/c3-1-2-4-7(5)6/h7H,1-2H2,(H,4,5,6). The average Bonchev–Trinajstić information content (AvgIpc) is 1.61. The SMILES string of the molecule is O=[SH](=O)NCCF. The van der Waals surface area contributed by atoms with Crippen molar-refractivity contribution in [3.05, 3.63) is 0 Å². The predicted octanol–water partition coefficient (Wildman–Crippen LogP) is -0.928. The van der Waals surface area contributed by atoms with Gasteiger partial charge in [0.25, 0.3) is 0 Å². The normalized spacial score (nSPS) is 10.0. The number of alkyl halides is 1. The minimum absolute atomic E-state index is 0.112. The zero-order chi connectivity index (χ0) is 5.70. The van der Waals surface area contributed by atoms with E-state index in [0.717, 1.165) is 0 Å². The highest BCUT2D eigenvalue weighted by atomic mass is 32.2. The molecule has 0 radical (unpaired) electrons. The van der Waals surface area contributed by atoms with Crippen LogP contribution >= 0.6 is 0 Å². The van der Waals surface area contributed by atoms with Crippen LogP contribution in [0.2, 0.25) is 0 Å². The minimum Gasteiger partial charge on any atom is -0.250 e. The van der Waals surface area contributed by atoms with Crippen LogP contribution < -0.4 is 4.72 Å². The second-order valence-corrected chi connectivity index (χ2v) is 1.68. The van der Waals surface area contributed by atoms with Gasteiger partial charge < -0.3 is 0 Å². The summed E-state index contributed by atoms with van der Waals surface area (Å²) in [5.41, 5.74) is 0. The van der Waals surface area contributed by atoms with E-state index in [1.165, 1.54) is 0 Å². The van der Waals surface area contributed by atoms with Crippen molar-refractivity contribution in [1.29, 1.82) is 0 Å². The van der Waals surface area contributed by atoms with Crippen LogP contribution in [0.3, 0.4) is 0 Å². The Hall–Kier alpha value is -0.160. The first kappa shape index (κ1) is 6.84. The van der Waals surface area contributed by atoms with Crippen molar-refractivity contribution in [2.24, 2.45) is 0 Å². The maximum Gasteiger partial charge on any atom is 0.201 e. The Labute approximate surface area is 42.6 Å². The number of hydrogen-bond acceptors (Lipinski definition) is 2. The second-order valence-electron chi connectivity index (χ2n) is 0.854. The molecule has 1 N–H and O–H groups in total. The highest BCUT2D eigenvalue weighted by Gasteiger charge is 1.79. The van der Waals surface area contributed by atoms with Gasteiger partial charge in [-0.2, -0.15) is 0 Å². The van der Waals surface area contributed by atoms with Gasteiger partial charge >= 0.3 is 0 Å². The number of hydrogen-bond donors (Lipinski definition) is 2. The van der Waals surface area contributed by atoms with Crippen molar-refractivity contribution in [1.82, 2.24) is 4.72 Å². The lowest BCUT2D eigenvalue weighted by molar-refractivity contribution is 0.489. The van der Waals surface area contributed by atoms with Crippen molar-refractivity contribution in [2.45, 2.75) is 0 Å². The van der Waals surface area contributed by atoms with Gasteiger partial charge in [-0.25, -0.2) is 17.5 Å². The van der Waals surface area contributed by atoms with E-state index in [9.17, 15) is 12.8 Å². The van der Waals surface area contributed by atoms with E-state index in [1.54, 1.807) is 0 Å². The molecule has 3 nitrogen and oxygen atoms in total. The second kappa shape index (κ2) is 4.01. The monoisotopic (exact) mass is 127 g/mol. The van der Waals surface area contributed by atoms with Gasteiger partial charge in [0.05, 0.1) is 0 Å². The van der Waals surface area contributed by atoms with E-state index in [1.807, 2.05) is 4.72 Å². The smallest absolute Gasteiger partial charge is 0.201 e. The van der Waals surface area contributed by atoms with Crippen LogP contribution in [0.5, 0.6) is 0 Å². The fourth-order valence-corrected chi connectivity index (χ4v) is 0.401. The third kappa shape index (κ3) is 5.84. The maximum atomic E-state index is 11.0. The molecule has 44 valence electrons. The van der Waals surface area contributed by atoms with Crippen LogP contribution in [0.1, 0.15) is 0 Å². The molecule has 7 heavy (non-hydrogen) atoms. The lowest BCUT2D eigenvalue weighted by Gasteiger charge is -1.83. The van der Waals surface area contributed by atoms with Crippen LogP contribution in [-0.4, -0.2) is 21.6 Å². The average molecular weight is 127 g/mol. The van der Waals surface area contributed by atoms with Crippen molar-refractivity contribution < 1.29 is 12.8 Å². The highest BCUT2D eigenvalue weighted by molar-refractivity contribution is 7.70. The molecule has 0 aromatic carbocycles. The maximum absolute atomic E-state index is 11.0. The Balaban J connectivity index is 2.98. The molecule has 0 aromatic heterocycles. The summed E-state index contributed by atoms with van der Waals surface area (Å²) in [4.78, 5) is 0. The minimum atomic E-state index is -2.60. The van der Waals surface area contributed by atoms with Crippen molar-refractivity contribution in [3.63, 3.8) is 0 Å². The Bertz CT molecular complexity index is 93.9. The Morgan fingerprint density at radius 1 is 1.57 bits per heavy atom. The third-order valence-electron chi connectivity index (χ3n) is 0.335. The van der Waals surface area contributed by atoms with Gasteiger partial charge in [0.2, 0.25) is 10.9 Å². The molecule has 0 atom stereocenters. The Morgan fingerprint density at radius 2 is 2.14 bits per heavy atom. The molecule has 0 amide bonds. The van der Waals surface area contributed by atoms with Gasteiger partial charge in [-0.05, 0) is 0 Å². The van der Waals surface area contributed by atoms with E-state index >= 15 is 0 Å². The number of thiol groups is 1. The molecule has 0 spiro atoms. The van der Waals surface area contributed by atoms with Crippen molar-refractivity contribution >= 4 is 10.9 Å². The van der Waals surface area contributed by atoms with Gasteiger partial charge in [0.1, 0.15) is 6.67 Å². The molecule has 0 saturated heterocycles. The largest absolute Gasteiger partial charge is 0.250 e. The fraction of sp³-hybridized carbons (Fsp3) is 1.00. The molecule has 5 heteroatoms. The summed E-state index contributed by atoms with van der Waals surface area (Å²) in [7, 11) is -2.60. The summed E-state index contributed by atoms with van der Waals surface area (Å²) in [6.45, 7) is -0.762. The van der Waals surface area contributed by atoms with E-state index in [2.05, 4.69) is 0 Å². The van der Waals surface area contributed by atoms with Crippen molar-refractivity contribution in [2.75, 3.05) is 13.2 Å². The molecule has 0 unspecified atom stereocenters. The Kier molecular flexibility index (Phi) is 3.92. The van der Waals surface area contributed by atoms with Gasteiger partial charge in [-0.3, -0.25) is 0 Å². The van der Waals surface area contributed by atoms with Crippen LogP contribution in [-0.2, 0) is 10.9 Å². The van der Waals surface area contributed by atoms with Gasteiger partial charge in [0, 0.05) is 6.54 Å². The van der Waals surface area contributed by atoms with Gasteiger partial charge in [-0.15, -0.1) is 0 Å². The summed E-state index contributed by atoms with van der Waals surface area (Å²) < 4.78 is 31.9. The topological polar surface area (TPSA) is 46.2 Å². The summed E-state index contributed by atoms with van der Waals surface area (Å²) in [6.07, 6.45) is 0. The number of nitrogens with one attached hydrogen (secondary N) is 1. The lowest BCUT2D eigenvalue weighted by atomic mass is 10.8. The number of halogens is 1. The lowest BCUT2D eigenvalue weighted by Crippen LogP contribution is -2.13. The molecule has 0 rings (SSSR count). The van der Waals surface area contributed by atoms with Crippen LogP contribution in [0, 0.1) is 0 Å². The Morgan fingerprint density at radius 3 is 2.29 bits per heavy atom. The van der Waals surface area contributed by atoms with Crippen LogP contribution in [0.15, 0.2) is 0 Å². The molecule has 0 aliphatic heterocycles. The first-order chi connectivity index (χ1) is 3.27. The van der Waals surface area contributed by atoms with Crippen LogP contribution in [0.4, 0.5) is 4.39 Å². The molecule has 0 bridgehead atoms. The van der Waals surface area contributed by atoms with Crippen molar-refractivity contribution in [3.8, 4) is 0 Å². The summed E-state index contributed by atoms with van der Waals surface area (Å²) >= 11 is 0. The third-order valence-corrected chi connectivity index (χ3v) is 0.817. The molecular weight excluding hydrogens is 121 g/mol. The summed E-state index contributed by atoms with van der Waals surface area (Å²) in [5, 5.41) is 0. The zero-order valence-electron chi connectivity index (χ0n) is 3.56. The molecule has 0 aromatic rings. The molecule has 0 aliphatic rings. The molecule has 0 aliphatic carbocycles. The highest BCUT2D eigenvalue weighted by Crippen LogP contribution is 1.59. The molecule has 0 saturated carbocycles. The van der Waals surface area contributed by atoms with E-state index in [4.69, 9.17) is 0 Å². The predicted molar refractivity (Wildman–Crippen MR) is 24.3 cm³/mol. The van der Waals surface area contributed by atoms with Gasteiger partial charge in [0.15, 0.2) is 0 Å². The molecule has 0 fully saturated rings. The van der Waals surface area contributed by atoms with Gasteiger partial charge in [-0.1, -0.05) is 0 Å². The molecular formula is C2H6FNO2S. The molecule has 0 heterocycles. The van der Waals surface area contributed by atoms with E-state index in [0.29, 0.717) is 0 Å². The van der Waals surface area contributed by atoms with Crippen LogP contribution in [0.25, 0.3) is 0 Å². The van der Waals surface area contributed by atoms with E-state index in [-0.39, 0.29) is 6.54 Å². The first-order valence-corrected chi connectivity index (χ1v) is 2.89.